The van der Waals surface area contributed by atoms with Gasteiger partial charge in [0.15, 0.2) is 0 Å². The maximum absolute atomic E-state index is 2.35. The number of rotatable bonds is 3. The number of hydrogen-bond donors (Lipinski definition) is 0. The molecule has 1 aliphatic rings. The van der Waals surface area contributed by atoms with Crippen molar-refractivity contribution in [2.24, 2.45) is 0 Å². The molecule has 6 rings (SSSR count). The summed E-state index contributed by atoms with van der Waals surface area (Å²) in [5, 5.41) is 5.42. The van der Waals surface area contributed by atoms with Crippen molar-refractivity contribution in [2.45, 2.75) is 13.3 Å². The van der Waals surface area contributed by atoms with Crippen LogP contribution in [-0.4, -0.2) is 3.21 Å². The monoisotopic (exact) mass is 499 g/mol. The van der Waals surface area contributed by atoms with Gasteiger partial charge in [-0.05, 0) is 30.1 Å². The van der Waals surface area contributed by atoms with Crippen LogP contribution in [0.2, 0.25) is 0 Å². The van der Waals surface area contributed by atoms with Gasteiger partial charge >= 0.3 is 99.2 Å². The van der Waals surface area contributed by atoms with Gasteiger partial charge in [-0.15, -0.1) is 39.7 Å². The van der Waals surface area contributed by atoms with Gasteiger partial charge in [0.05, 0.1) is 0 Å². The molecule has 0 aromatic heterocycles. The van der Waals surface area contributed by atoms with Crippen molar-refractivity contribution < 1.29 is 24.2 Å². The van der Waals surface area contributed by atoms with Gasteiger partial charge in [0.25, 0.3) is 0 Å². The Hall–Kier alpha value is -3.02. The van der Waals surface area contributed by atoms with Gasteiger partial charge in [0.2, 0.25) is 0 Å². The van der Waals surface area contributed by atoms with Crippen molar-refractivity contribution >= 4 is 30.3 Å². The second-order valence-electron chi connectivity index (χ2n) is 8.41. The summed E-state index contributed by atoms with van der Waals surface area (Å²) in [7, 11) is 0. The van der Waals surface area contributed by atoms with Crippen LogP contribution in [0.25, 0.3) is 27.1 Å². The molecule has 1 aliphatic carbocycles. The summed E-state index contributed by atoms with van der Waals surface area (Å²) in [5.41, 5.74) is 6.89. The molecule has 0 atom stereocenters. The normalized spacial score (nSPS) is 12.7. The van der Waals surface area contributed by atoms with Crippen LogP contribution >= 0.6 is 0 Å². The van der Waals surface area contributed by atoms with Crippen LogP contribution in [0.1, 0.15) is 30.0 Å². The van der Waals surface area contributed by atoms with E-state index in [9.17, 15) is 0 Å². The minimum atomic E-state index is 1.07. The van der Waals surface area contributed by atoms with Gasteiger partial charge < -0.3 is 0 Å². The van der Waals surface area contributed by atoms with Gasteiger partial charge in [-0.2, -0.15) is 0 Å². The first-order valence-electron chi connectivity index (χ1n) is 11.3. The molecule has 0 amide bonds. The molecule has 0 N–H and O–H groups in total. The molecule has 158 valence electrons. The van der Waals surface area contributed by atoms with E-state index in [1.165, 1.54) is 76.8 Å². The summed E-state index contributed by atoms with van der Waals surface area (Å²) in [6.07, 6.45) is 5.54. The summed E-state index contributed by atoms with van der Waals surface area (Å²) in [5.74, 6) is 0. The van der Waals surface area contributed by atoms with Crippen LogP contribution in [-0.2, 0) is 24.2 Å². The third-order valence-corrected chi connectivity index (χ3v) is 7.67. The Morgan fingerprint density at radius 2 is 1.30 bits per heavy atom. The summed E-state index contributed by atoms with van der Waals surface area (Å²) in [6, 6.07) is 38.9. The second kappa shape index (κ2) is 9.86. The number of benzene rings is 4. The first-order chi connectivity index (χ1) is 16.2. The topological polar surface area (TPSA) is 0 Å². The van der Waals surface area contributed by atoms with Crippen LogP contribution in [0.5, 0.6) is 0 Å². The first-order valence-corrected chi connectivity index (χ1v) is 12.6. The Morgan fingerprint density at radius 3 is 1.94 bits per heavy atom. The van der Waals surface area contributed by atoms with Gasteiger partial charge in [-0.3, -0.25) is 0 Å². The Labute approximate surface area is 210 Å². The van der Waals surface area contributed by atoms with E-state index in [0.717, 1.165) is 6.42 Å². The molecular weight excluding hydrogens is 476 g/mol. The molecule has 5 aromatic rings. The molecule has 0 unspecified atom stereocenters. The number of allylic oxidation sites excluding steroid dienone is 4. The predicted octanol–water partition coefficient (Wildman–Crippen LogP) is 8.25. The third kappa shape index (κ3) is 4.70. The van der Waals surface area contributed by atoms with Gasteiger partial charge in [0.1, 0.15) is 0 Å². The van der Waals surface area contributed by atoms with E-state index >= 15 is 0 Å². The zero-order valence-electron chi connectivity index (χ0n) is 18.8. The summed E-state index contributed by atoms with van der Waals surface area (Å²) in [4.78, 5) is 0. The van der Waals surface area contributed by atoms with Crippen LogP contribution in [0, 0.1) is 0 Å². The molecule has 0 radical (unpaired) electrons. The van der Waals surface area contributed by atoms with Gasteiger partial charge in [0, 0.05) is 0 Å². The summed E-state index contributed by atoms with van der Waals surface area (Å²) in [6.45, 7) is 2.20. The number of fused-ring (bicyclic) bond motifs is 3. The Balaban J connectivity index is 0.000000146. The molecule has 0 spiro atoms. The van der Waals surface area contributed by atoms with Crippen LogP contribution in [0.3, 0.4) is 0 Å². The molecule has 0 bridgehead atoms. The quantitative estimate of drug-likeness (QED) is 0.219. The van der Waals surface area contributed by atoms with Crippen molar-refractivity contribution in [3.05, 3.63) is 144 Å². The second-order valence-corrected chi connectivity index (χ2v) is 9.64. The van der Waals surface area contributed by atoms with Gasteiger partial charge in [-0.25, -0.2) is 0 Å². The molecule has 33 heavy (non-hydrogen) atoms. The zero-order valence-corrected chi connectivity index (χ0v) is 21.2. The zero-order chi connectivity index (χ0) is 22.6. The first kappa shape index (κ1) is 21.8. The molecule has 0 aliphatic heterocycles. The molecule has 0 saturated carbocycles. The number of hydrogen-bond acceptors (Lipinski definition) is 0. The van der Waals surface area contributed by atoms with Crippen LogP contribution in [0.4, 0.5) is 0 Å². The average Bonchev–Trinajstić information content (AvgIpc) is 3.48. The predicted molar refractivity (Wildman–Crippen MR) is 139 cm³/mol. The van der Waals surface area contributed by atoms with E-state index in [1.54, 1.807) is 0 Å². The molecule has 5 aromatic carbocycles. The molecular formula is C32H25Zr-. The van der Waals surface area contributed by atoms with Crippen LogP contribution < -0.4 is 0 Å². The molecule has 0 fully saturated rings. The van der Waals surface area contributed by atoms with Crippen molar-refractivity contribution in [2.75, 3.05) is 0 Å². The SMILES string of the molecule is CC1=C(c2ccc3[cH-]c4ccccc4c3c2)CC=C1.[Zr]=[C](c1ccccc1)c1ccccc1. The molecule has 1 heteroatoms. The van der Waals surface area contributed by atoms with Crippen molar-refractivity contribution in [3.8, 4) is 0 Å². The summed E-state index contributed by atoms with van der Waals surface area (Å²) < 4.78 is 1.42. The van der Waals surface area contributed by atoms with E-state index < -0.39 is 0 Å². The van der Waals surface area contributed by atoms with Crippen molar-refractivity contribution in [1.82, 2.24) is 0 Å². The van der Waals surface area contributed by atoms with E-state index in [2.05, 4.69) is 128 Å². The Kier molecular flexibility index (Phi) is 6.51. The molecule has 0 saturated heterocycles. The van der Waals surface area contributed by atoms with E-state index in [-0.39, 0.29) is 0 Å². The van der Waals surface area contributed by atoms with E-state index in [0.29, 0.717) is 0 Å². The summed E-state index contributed by atoms with van der Waals surface area (Å²) >= 11 is 1.46. The maximum atomic E-state index is 2.35. The van der Waals surface area contributed by atoms with Gasteiger partial charge in [-0.1, -0.05) is 42.5 Å². The standard InChI is InChI=1S/C19H15.C13H10.Zr/c1-13-5-4-8-17(13)16-10-9-15-11-14-6-2-3-7-18(14)19(15)12-16;1-3-7-12(8-4-1)11-13-9-5-2-6-10-13;/h2-7,9-12H,8H2,1H3;1-10H;/q-1;;. The Bertz CT molecular complexity index is 1440. The fraction of sp³-hybridized carbons (Fsp3) is 0.0625. The average molecular weight is 501 g/mol. The van der Waals surface area contributed by atoms with Crippen molar-refractivity contribution in [1.29, 1.82) is 0 Å². The molecule has 0 heterocycles. The third-order valence-electron chi connectivity index (χ3n) is 6.25. The van der Waals surface area contributed by atoms with Crippen molar-refractivity contribution in [3.63, 3.8) is 0 Å². The Morgan fingerprint density at radius 1 is 0.697 bits per heavy atom. The fourth-order valence-electron chi connectivity index (χ4n) is 4.48. The minimum absolute atomic E-state index is 1.07. The molecule has 0 nitrogen and oxygen atoms in total. The fourth-order valence-corrected chi connectivity index (χ4v) is 5.30. The van der Waals surface area contributed by atoms with Crippen LogP contribution in [0.15, 0.2) is 127 Å². The van der Waals surface area contributed by atoms with E-state index in [1.807, 2.05) is 0 Å². The van der Waals surface area contributed by atoms with E-state index in [4.69, 9.17) is 0 Å².